The third-order valence-electron chi connectivity index (χ3n) is 6.28. The van der Waals surface area contributed by atoms with E-state index < -0.39 is 0 Å². The summed E-state index contributed by atoms with van der Waals surface area (Å²) in [7, 11) is 0. The molecule has 2 aromatic heterocycles. The topological polar surface area (TPSA) is 65.3 Å². The Hall–Kier alpha value is -1.99. The molecule has 2 aromatic rings. The fraction of sp³-hybridized carbons (Fsp3) is 0.632. The first-order chi connectivity index (χ1) is 12.8. The van der Waals surface area contributed by atoms with Crippen molar-refractivity contribution in [1.82, 2.24) is 24.4 Å². The maximum Gasteiger partial charge on any atom is 0.232 e. The molecule has 1 aliphatic carbocycles. The highest BCUT2D eigenvalue weighted by molar-refractivity contribution is 5.07. The monoisotopic (exact) mass is 355 g/mol. The number of fused-ring (bicyclic) bond motifs is 1. The van der Waals surface area contributed by atoms with Crippen molar-refractivity contribution in [2.24, 2.45) is 11.8 Å². The quantitative estimate of drug-likeness (QED) is 0.832. The Kier molecular flexibility index (Phi) is 4.13. The Morgan fingerprint density at radius 1 is 1.08 bits per heavy atom. The fourth-order valence-electron chi connectivity index (χ4n) is 4.82. The molecule has 0 bridgehead atoms. The molecule has 0 N–H and O–H groups in total. The van der Waals surface area contributed by atoms with E-state index in [9.17, 15) is 0 Å². The molecule has 0 unspecified atom stereocenters. The van der Waals surface area contributed by atoms with Crippen LogP contribution in [0.2, 0.25) is 0 Å². The smallest absolute Gasteiger partial charge is 0.232 e. The van der Waals surface area contributed by atoms with Crippen LogP contribution in [-0.4, -0.2) is 62.9 Å². The van der Waals surface area contributed by atoms with Gasteiger partial charge in [0.15, 0.2) is 0 Å². The lowest BCUT2D eigenvalue weighted by atomic mass is 9.77. The van der Waals surface area contributed by atoms with Gasteiger partial charge in [0.05, 0.1) is 31.5 Å². The summed E-state index contributed by atoms with van der Waals surface area (Å²) in [4.78, 5) is 15.5. The van der Waals surface area contributed by atoms with Crippen LogP contribution in [0.25, 0.3) is 0 Å². The summed E-state index contributed by atoms with van der Waals surface area (Å²) in [6, 6.07) is 0.909. The van der Waals surface area contributed by atoms with Crippen LogP contribution in [0.4, 0.5) is 0 Å². The zero-order valence-corrected chi connectivity index (χ0v) is 15.1. The lowest BCUT2D eigenvalue weighted by Crippen LogP contribution is -2.48. The highest BCUT2D eigenvalue weighted by Gasteiger charge is 2.46. The number of nitrogens with zero attached hydrogens (tertiary/aromatic N) is 5. The summed E-state index contributed by atoms with van der Waals surface area (Å²) in [5.41, 5.74) is 0. The van der Waals surface area contributed by atoms with Crippen molar-refractivity contribution in [3.05, 3.63) is 36.8 Å². The summed E-state index contributed by atoms with van der Waals surface area (Å²) < 4.78 is 14.0. The second-order valence-corrected chi connectivity index (χ2v) is 7.79. The predicted molar refractivity (Wildman–Crippen MR) is 94.8 cm³/mol. The fourth-order valence-corrected chi connectivity index (χ4v) is 4.82. The number of likely N-dealkylation sites (tertiary alicyclic amines) is 1. The first-order valence-electron chi connectivity index (χ1n) is 9.52. The van der Waals surface area contributed by atoms with Gasteiger partial charge >= 0.3 is 0 Å². The summed E-state index contributed by atoms with van der Waals surface area (Å²) in [5, 5.41) is 0. The summed E-state index contributed by atoms with van der Waals surface area (Å²) in [5.74, 6) is 3.05. The number of rotatable bonds is 4. The molecule has 0 aromatic carbocycles. The largest absolute Gasteiger partial charge is 0.471 e. The lowest BCUT2D eigenvalue weighted by Gasteiger charge is -2.38. The Labute approximate surface area is 153 Å². The Morgan fingerprint density at radius 3 is 2.58 bits per heavy atom. The minimum Gasteiger partial charge on any atom is -0.471 e. The molecule has 5 rings (SSSR count). The molecule has 3 aliphatic rings. The van der Waals surface area contributed by atoms with Crippen LogP contribution in [-0.2, 0) is 4.74 Å². The minimum absolute atomic E-state index is 0.0958. The number of aryl methyl sites for hydroxylation is 1. The number of imidazole rings is 1. The molecule has 0 amide bonds. The van der Waals surface area contributed by atoms with Gasteiger partial charge in [0.1, 0.15) is 11.9 Å². The van der Waals surface area contributed by atoms with Crippen molar-refractivity contribution in [3.8, 4) is 5.88 Å². The molecule has 4 heterocycles. The SMILES string of the molecule is Cc1nccn1[C@H]1C[C@H]2CN(C3COC3)C[C@H]2C[C@@H]1Oc1cnccn1. The van der Waals surface area contributed by atoms with Crippen molar-refractivity contribution in [3.63, 3.8) is 0 Å². The van der Waals surface area contributed by atoms with Crippen molar-refractivity contribution >= 4 is 0 Å². The molecule has 7 nitrogen and oxygen atoms in total. The molecule has 2 saturated heterocycles. The van der Waals surface area contributed by atoms with Gasteiger partial charge in [-0.25, -0.2) is 9.97 Å². The zero-order valence-electron chi connectivity index (χ0n) is 15.1. The van der Waals surface area contributed by atoms with Gasteiger partial charge in [0, 0.05) is 37.9 Å². The second kappa shape index (κ2) is 6.63. The van der Waals surface area contributed by atoms with Crippen LogP contribution >= 0.6 is 0 Å². The first-order valence-corrected chi connectivity index (χ1v) is 9.52. The van der Waals surface area contributed by atoms with Crippen LogP contribution in [0.5, 0.6) is 5.88 Å². The van der Waals surface area contributed by atoms with E-state index in [1.807, 2.05) is 6.20 Å². The molecule has 0 spiro atoms. The van der Waals surface area contributed by atoms with Crippen molar-refractivity contribution in [2.45, 2.75) is 38.0 Å². The summed E-state index contributed by atoms with van der Waals surface area (Å²) >= 11 is 0. The molecule has 7 heteroatoms. The van der Waals surface area contributed by atoms with Crippen molar-refractivity contribution in [1.29, 1.82) is 0 Å². The van der Waals surface area contributed by atoms with E-state index in [4.69, 9.17) is 9.47 Å². The van der Waals surface area contributed by atoms with Crippen LogP contribution in [0.1, 0.15) is 24.7 Å². The molecule has 4 atom stereocenters. The Balaban J connectivity index is 1.38. The maximum atomic E-state index is 6.33. The first kappa shape index (κ1) is 16.2. The van der Waals surface area contributed by atoms with Gasteiger partial charge < -0.3 is 14.0 Å². The molecule has 1 saturated carbocycles. The lowest BCUT2D eigenvalue weighted by molar-refractivity contribution is -0.0588. The van der Waals surface area contributed by atoms with Gasteiger partial charge in [-0.05, 0) is 31.6 Å². The number of hydrogen-bond acceptors (Lipinski definition) is 6. The van der Waals surface area contributed by atoms with E-state index in [0.717, 1.165) is 38.4 Å². The van der Waals surface area contributed by atoms with E-state index in [0.29, 0.717) is 29.8 Å². The van der Waals surface area contributed by atoms with Gasteiger partial charge in [-0.15, -0.1) is 0 Å². The molecule has 0 radical (unpaired) electrons. The number of aromatic nitrogens is 4. The van der Waals surface area contributed by atoms with Crippen LogP contribution in [0.3, 0.4) is 0 Å². The molecule has 3 fully saturated rings. The highest BCUT2D eigenvalue weighted by Crippen LogP contribution is 2.43. The van der Waals surface area contributed by atoms with Gasteiger partial charge in [-0.2, -0.15) is 0 Å². The molecular formula is C19H25N5O2. The Bertz CT molecular complexity index is 747. The normalized spacial score (nSPS) is 32.2. The van der Waals surface area contributed by atoms with Crippen LogP contribution in [0.15, 0.2) is 31.0 Å². The standard InChI is InChI=1S/C19H25N5O2/c1-13-21-4-5-24(13)17-6-14-9-23(16-11-25-12-16)10-15(14)7-18(17)26-19-8-20-2-3-22-19/h2-5,8,14-18H,6-7,9-12H2,1H3/t14-,15+,17-,18-/m0/s1. The maximum absolute atomic E-state index is 6.33. The third kappa shape index (κ3) is 2.89. The second-order valence-electron chi connectivity index (χ2n) is 7.79. The molecular weight excluding hydrogens is 330 g/mol. The van der Waals surface area contributed by atoms with E-state index >= 15 is 0 Å². The number of hydrogen-bond donors (Lipinski definition) is 0. The van der Waals surface area contributed by atoms with E-state index in [1.54, 1.807) is 18.6 Å². The molecule has 2 aliphatic heterocycles. The zero-order chi connectivity index (χ0) is 17.5. The van der Waals surface area contributed by atoms with Gasteiger partial charge in [0.2, 0.25) is 5.88 Å². The molecule has 26 heavy (non-hydrogen) atoms. The minimum atomic E-state index is 0.0958. The summed E-state index contributed by atoms with van der Waals surface area (Å²) in [6.45, 7) is 6.19. The average Bonchev–Trinajstić information content (AvgIpc) is 3.19. The van der Waals surface area contributed by atoms with Crippen molar-refractivity contribution in [2.75, 3.05) is 26.3 Å². The van der Waals surface area contributed by atoms with Gasteiger partial charge in [-0.3, -0.25) is 9.88 Å². The van der Waals surface area contributed by atoms with E-state index in [2.05, 4.69) is 37.5 Å². The summed E-state index contributed by atoms with van der Waals surface area (Å²) in [6.07, 6.45) is 11.3. The van der Waals surface area contributed by atoms with Crippen LogP contribution < -0.4 is 4.74 Å². The molecule has 138 valence electrons. The predicted octanol–water partition coefficient (Wildman–Crippen LogP) is 1.71. The highest BCUT2D eigenvalue weighted by atomic mass is 16.5. The van der Waals surface area contributed by atoms with Gasteiger partial charge in [-0.1, -0.05) is 0 Å². The van der Waals surface area contributed by atoms with E-state index in [-0.39, 0.29) is 6.10 Å². The van der Waals surface area contributed by atoms with Gasteiger partial charge in [0.25, 0.3) is 0 Å². The third-order valence-corrected chi connectivity index (χ3v) is 6.28. The number of ether oxygens (including phenoxy) is 2. The van der Waals surface area contributed by atoms with Crippen LogP contribution in [0, 0.1) is 18.8 Å². The van der Waals surface area contributed by atoms with Crippen molar-refractivity contribution < 1.29 is 9.47 Å². The Morgan fingerprint density at radius 2 is 1.92 bits per heavy atom. The average molecular weight is 355 g/mol. The van der Waals surface area contributed by atoms with E-state index in [1.165, 1.54) is 6.54 Å².